The van der Waals surface area contributed by atoms with Crippen molar-refractivity contribution in [3.8, 4) is 0 Å². The van der Waals surface area contributed by atoms with E-state index in [0.29, 0.717) is 9.50 Å². The first-order valence-corrected chi connectivity index (χ1v) is 4.89. The zero-order chi connectivity index (χ0) is 9.42. The Morgan fingerprint density at radius 1 is 1.15 bits per heavy atom. The van der Waals surface area contributed by atoms with Gasteiger partial charge in [-0.25, -0.2) is 4.39 Å². The van der Waals surface area contributed by atoms with E-state index >= 15 is 0 Å². The molecule has 0 aliphatic carbocycles. The van der Waals surface area contributed by atoms with Gasteiger partial charge in [0.05, 0.1) is 9.50 Å². The third-order valence-electron chi connectivity index (χ3n) is 1.88. The predicted molar refractivity (Wildman–Crippen MR) is 56.6 cm³/mol. The second-order valence-corrected chi connectivity index (χ2v) is 3.90. The van der Waals surface area contributed by atoms with E-state index in [4.69, 9.17) is 11.6 Å². The lowest BCUT2D eigenvalue weighted by Crippen LogP contribution is -1.81. The molecule has 2 aromatic rings. The van der Waals surface area contributed by atoms with Crippen molar-refractivity contribution in [3.63, 3.8) is 0 Å². The van der Waals surface area contributed by atoms with Gasteiger partial charge in [-0.2, -0.15) is 0 Å². The molecule has 0 unspecified atom stereocenters. The topological polar surface area (TPSA) is 0 Å². The third kappa shape index (κ3) is 1.45. The van der Waals surface area contributed by atoms with Gasteiger partial charge in [0.2, 0.25) is 0 Å². The van der Waals surface area contributed by atoms with E-state index in [9.17, 15) is 4.39 Å². The van der Waals surface area contributed by atoms with Crippen LogP contribution in [0.4, 0.5) is 4.39 Å². The maximum Gasteiger partial charge on any atom is 0.139 e. The van der Waals surface area contributed by atoms with Crippen LogP contribution in [0, 0.1) is 5.82 Å². The smallest absolute Gasteiger partial charge is 0.139 e. The van der Waals surface area contributed by atoms with Crippen LogP contribution in [0.1, 0.15) is 0 Å². The Morgan fingerprint density at radius 3 is 2.46 bits per heavy atom. The largest absolute Gasteiger partial charge is 0.206 e. The first kappa shape index (κ1) is 8.97. The summed E-state index contributed by atoms with van der Waals surface area (Å²) in [6, 6.07) is 8.73. The average Bonchev–Trinajstić information content (AvgIpc) is 2.15. The third-order valence-corrected chi connectivity index (χ3v) is 3.00. The first-order chi connectivity index (χ1) is 6.20. The summed E-state index contributed by atoms with van der Waals surface area (Å²) in [4.78, 5) is 0. The van der Waals surface area contributed by atoms with E-state index < -0.39 is 0 Å². The van der Waals surface area contributed by atoms with E-state index in [1.807, 2.05) is 24.3 Å². The minimum Gasteiger partial charge on any atom is -0.206 e. The Kier molecular flexibility index (Phi) is 2.26. The first-order valence-electron chi connectivity index (χ1n) is 3.72. The van der Waals surface area contributed by atoms with E-state index in [1.54, 1.807) is 0 Å². The Balaban J connectivity index is 2.97. The van der Waals surface area contributed by atoms with E-state index in [-0.39, 0.29) is 5.82 Å². The summed E-state index contributed by atoms with van der Waals surface area (Å²) < 4.78 is 13.6. The summed E-state index contributed by atoms with van der Waals surface area (Å²) in [5, 5.41) is 2.10. The van der Waals surface area contributed by atoms with Crippen molar-refractivity contribution in [1.29, 1.82) is 0 Å². The fourth-order valence-corrected chi connectivity index (χ4v) is 1.98. The molecule has 0 heterocycles. The van der Waals surface area contributed by atoms with Gasteiger partial charge in [0.15, 0.2) is 0 Å². The van der Waals surface area contributed by atoms with Crippen LogP contribution in [0.25, 0.3) is 10.8 Å². The van der Waals surface area contributed by atoms with Crippen LogP contribution in [0.15, 0.2) is 34.8 Å². The van der Waals surface area contributed by atoms with E-state index in [2.05, 4.69) is 15.9 Å². The van der Waals surface area contributed by atoms with Gasteiger partial charge < -0.3 is 0 Å². The minimum absolute atomic E-state index is 0.330. The average molecular weight is 260 g/mol. The quantitative estimate of drug-likeness (QED) is 0.615. The van der Waals surface area contributed by atoms with Crippen molar-refractivity contribution in [1.82, 2.24) is 0 Å². The molecule has 0 nitrogen and oxygen atoms in total. The molecule has 0 aromatic heterocycles. The van der Waals surface area contributed by atoms with Crippen molar-refractivity contribution >= 4 is 38.3 Å². The van der Waals surface area contributed by atoms with Gasteiger partial charge >= 0.3 is 0 Å². The Labute approximate surface area is 88.4 Å². The standard InChI is InChI=1S/C10H5BrClF/c11-10-7-4-2-1-3-6(7)8(12)5-9(10)13/h1-5H. The summed E-state index contributed by atoms with van der Waals surface area (Å²) in [6.45, 7) is 0. The highest BCUT2D eigenvalue weighted by Crippen LogP contribution is 2.31. The van der Waals surface area contributed by atoms with E-state index in [0.717, 1.165) is 10.8 Å². The normalized spacial score (nSPS) is 10.7. The number of hydrogen-bond donors (Lipinski definition) is 0. The molecule has 13 heavy (non-hydrogen) atoms. The number of rotatable bonds is 0. The highest BCUT2D eigenvalue weighted by Gasteiger charge is 2.07. The molecule has 2 rings (SSSR count). The fraction of sp³-hybridized carbons (Fsp3) is 0. The molecule has 0 aliphatic heterocycles. The van der Waals surface area contributed by atoms with Crippen molar-refractivity contribution in [2.45, 2.75) is 0 Å². The molecular formula is C10H5BrClF. The van der Waals surface area contributed by atoms with Gasteiger partial charge in [-0.05, 0) is 22.0 Å². The van der Waals surface area contributed by atoms with Gasteiger partial charge in [0.25, 0.3) is 0 Å². The molecule has 0 saturated heterocycles. The summed E-state index contributed by atoms with van der Waals surface area (Å²) in [5.41, 5.74) is 0. The van der Waals surface area contributed by atoms with Gasteiger partial charge in [-0.15, -0.1) is 0 Å². The molecule has 0 fully saturated rings. The molecule has 0 spiro atoms. The van der Waals surface area contributed by atoms with Gasteiger partial charge in [-0.3, -0.25) is 0 Å². The van der Waals surface area contributed by atoms with E-state index in [1.165, 1.54) is 6.07 Å². The maximum absolute atomic E-state index is 13.2. The van der Waals surface area contributed by atoms with Crippen LogP contribution in [-0.4, -0.2) is 0 Å². The summed E-state index contributed by atoms with van der Waals surface area (Å²) in [5.74, 6) is -0.330. The minimum atomic E-state index is -0.330. The molecule has 3 heteroatoms. The highest BCUT2D eigenvalue weighted by atomic mass is 79.9. The molecule has 0 N–H and O–H groups in total. The van der Waals surface area contributed by atoms with Crippen molar-refractivity contribution in [3.05, 3.63) is 45.6 Å². The Morgan fingerprint density at radius 2 is 1.77 bits per heavy atom. The number of halogens is 3. The molecule has 2 aromatic carbocycles. The van der Waals surface area contributed by atoms with Crippen LogP contribution in [-0.2, 0) is 0 Å². The van der Waals surface area contributed by atoms with Crippen molar-refractivity contribution < 1.29 is 4.39 Å². The van der Waals surface area contributed by atoms with Crippen LogP contribution in [0.5, 0.6) is 0 Å². The van der Waals surface area contributed by atoms with Crippen molar-refractivity contribution in [2.75, 3.05) is 0 Å². The van der Waals surface area contributed by atoms with Gasteiger partial charge in [0.1, 0.15) is 5.82 Å². The van der Waals surface area contributed by atoms with Crippen LogP contribution in [0.2, 0.25) is 5.02 Å². The maximum atomic E-state index is 13.2. The summed E-state index contributed by atoms with van der Waals surface area (Å²) in [7, 11) is 0. The molecule has 0 atom stereocenters. The molecule has 0 aliphatic rings. The lowest BCUT2D eigenvalue weighted by Gasteiger charge is -2.03. The summed E-state index contributed by atoms with van der Waals surface area (Å²) >= 11 is 9.05. The van der Waals surface area contributed by atoms with Crippen LogP contribution < -0.4 is 0 Å². The zero-order valence-corrected chi connectivity index (χ0v) is 8.86. The predicted octanol–water partition coefficient (Wildman–Crippen LogP) is 4.39. The van der Waals surface area contributed by atoms with Crippen LogP contribution in [0.3, 0.4) is 0 Å². The van der Waals surface area contributed by atoms with Crippen molar-refractivity contribution in [2.24, 2.45) is 0 Å². The molecular weight excluding hydrogens is 254 g/mol. The molecule has 0 bridgehead atoms. The van der Waals surface area contributed by atoms with Crippen LogP contribution >= 0.6 is 27.5 Å². The number of hydrogen-bond acceptors (Lipinski definition) is 0. The lowest BCUT2D eigenvalue weighted by atomic mass is 10.1. The monoisotopic (exact) mass is 258 g/mol. The molecule has 0 radical (unpaired) electrons. The lowest BCUT2D eigenvalue weighted by molar-refractivity contribution is 0.623. The highest BCUT2D eigenvalue weighted by molar-refractivity contribution is 9.10. The number of fused-ring (bicyclic) bond motifs is 1. The van der Waals surface area contributed by atoms with Gasteiger partial charge in [0, 0.05) is 10.8 Å². The second kappa shape index (κ2) is 3.28. The van der Waals surface area contributed by atoms with Gasteiger partial charge in [-0.1, -0.05) is 35.9 Å². The second-order valence-electron chi connectivity index (χ2n) is 2.70. The molecule has 66 valence electrons. The fourth-order valence-electron chi connectivity index (χ4n) is 1.26. The zero-order valence-electron chi connectivity index (χ0n) is 6.52. The Bertz CT molecular complexity index is 468. The molecule has 0 saturated carbocycles. The summed E-state index contributed by atoms with van der Waals surface area (Å²) in [6.07, 6.45) is 0. The SMILES string of the molecule is Fc1cc(Cl)c2ccccc2c1Br. The molecule has 0 amide bonds. The Hall–Kier alpha value is -0.600. The number of benzene rings is 2.